The molecule has 23 heavy (non-hydrogen) atoms. The van der Waals surface area contributed by atoms with E-state index < -0.39 is 0 Å². The molecule has 0 unspecified atom stereocenters. The van der Waals surface area contributed by atoms with Crippen molar-refractivity contribution in [2.45, 2.75) is 20.3 Å². The summed E-state index contributed by atoms with van der Waals surface area (Å²) in [5.74, 6) is 0.960. The second-order valence-corrected chi connectivity index (χ2v) is 5.44. The van der Waals surface area contributed by atoms with Crippen LogP contribution in [0.1, 0.15) is 24.5 Å². The van der Waals surface area contributed by atoms with Crippen LogP contribution < -0.4 is 5.32 Å². The fourth-order valence-corrected chi connectivity index (χ4v) is 2.76. The van der Waals surface area contributed by atoms with Gasteiger partial charge in [0, 0.05) is 19.8 Å². The van der Waals surface area contributed by atoms with Crippen LogP contribution in [0.15, 0.2) is 30.3 Å². The average Bonchev–Trinajstić information content (AvgIpc) is 2.94. The molecular formula is C18H20N4O. The van der Waals surface area contributed by atoms with Crippen molar-refractivity contribution in [2.75, 3.05) is 25.1 Å². The van der Waals surface area contributed by atoms with Crippen molar-refractivity contribution in [3.63, 3.8) is 0 Å². The number of hydrogen-bond donors (Lipinski definition) is 1. The number of aromatic nitrogens is 2. The first-order valence-electron chi connectivity index (χ1n) is 7.88. The lowest BCUT2D eigenvalue weighted by molar-refractivity contribution is 0.147. The molecule has 2 aromatic heterocycles. The van der Waals surface area contributed by atoms with Crippen molar-refractivity contribution in [1.82, 2.24) is 9.38 Å². The third kappa shape index (κ3) is 2.86. The molecule has 0 saturated heterocycles. The van der Waals surface area contributed by atoms with Gasteiger partial charge in [-0.25, -0.2) is 4.98 Å². The van der Waals surface area contributed by atoms with Crippen LogP contribution in [0.5, 0.6) is 0 Å². The largest absolute Gasteiger partial charge is 0.382 e. The van der Waals surface area contributed by atoms with Gasteiger partial charge in [-0.05, 0) is 44.0 Å². The Bertz CT molecular complexity index is 876. The Balaban J connectivity index is 2.05. The number of anilines is 1. The molecule has 0 radical (unpaired) electrons. The summed E-state index contributed by atoms with van der Waals surface area (Å²) in [4.78, 5) is 4.64. The van der Waals surface area contributed by atoms with Crippen LogP contribution in [-0.2, 0) is 4.74 Å². The Labute approximate surface area is 135 Å². The lowest BCUT2D eigenvalue weighted by Crippen LogP contribution is -2.09. The van der Waals surface area contributed by atoms with Crippen molar-refractivity contribution in [1.29, 1.82) is 5.26 Å². The number of benzene rings is 1. The third-order valence-electron chi connectivity index (χ3n) is 3.86. The van der Waals surface area contributed by atoms with Crippen molar-refractivity contribution >= 4 is 22.5 Å². The molecule has 0 saturated carbocycles. The number of imidazole rings is 1. The number of nitrogens with one attached hydrogen (secondary N) is 1. The van der Waals surface area contributed by atoms with E-state index in [0.717, 1.165) is 48.6 Å². The zero-order valence-electron chi connectivity index (χ0n) is 13.5. The second-order valence-electron chi connectivity index (χ2n) is 5.44. The van der Waals surface area contributed by atoms with Crippen molar-refractivity contribution in [3.8, 4) is 6.07 Å². The summed E-state index contributed by atoms with van der Waals surface area (Å²) in [6.07, 6.45) is 0.932. The van der Waals surface area contributed by atoms with Gasteiger partial charge in [0.15, 0.2) is 5.65 Å². The van der Waals surface area contributed by atoms with Crippen molar-refractivity contribution < 1.29 is 4.74 Å². The topological polar surface area (TPSA) is 62.3 Å². The van der Waals surface area contributed by atoms with Crippen molar-refractivity contribution in [2.24, 2.45) is 0 Å². The Morgan fingerprint density at radius 2 is 2.17 bits per heavy atom. The van der Waals surface area contributed by atoms with E-state index in [4.69, 9.17) is 4.74 Å². The quantitative estimate of drug-likeness (QED) is 0.708. The minimum atomic E-state index is 0.626. The maximum Gasteiger partial charge on any atom is 0.157 e. The van der Waals surface area contributed by atoms with Gasteiger partial charge in [0.25, 0.3) is 0 Å². The molecule has 0 amide bonds. The molecule has 0 atom stereocenters. The molecular weight excluding hydrogens is 288 g/mol. The summed E-state index contributed by atoms with van der Waals surface area (Å²) < 4.78 is 7.40. The molecule has 0 aliphatic rings. The Hall–Kier alpha value is -2.58. The minimum absolute atomic E-state index is 0.626. The number of fused-ring (bicyclic) bond motifs is 3. The van der Waals surface area contributed by atoms with Crippen LogP contribution in [0.25, 0.3) is 16.7 Å². The Kier molecular flexibility index (Phi) is 4.45. The molecule has 3 aromatic rings. The molecule has 1 aromatic carbocycles. The molecule has 5 nitrogen and oxygen atoms in total. The summed E-state index contributed by atoms with van der Waals surface area (Å²) in [6, 6.07) is 12.2. The first-order valence-corrected chi connectivity index (χ1v) is 7.88. The van der Waals surface area contributed by atoms with Gasteiger partial charge in [-0.1, -0.05) is 12.1 Å². The highest BCUT2D eigenvalue weighted by molar-refractivity contribution is 5.85. The van der Waals surface area contributed by atoms with Crippen LogP contribution in [0, 0.1) is 18.3 Å². The normalized spacial score (nSPS) is 11.0. The minimum Gasteiger partial charge on any atom is -0.382 e. The number of hydrogen-bond acceptors (Lipinski definition) is 4. The predicted molar refractivity (Wildman–Crippen MR) is 91.7 cm³/mol. The fraction of sp³-hybridized carbons (Fsp3) is 0.333. The SMILES string of the molecule is CCOCCCNc1cc(C)c(C#N)c2nc3ccccc3n12. The van der Waals surface area contributed by atoms with Gasteiger partial charge in [0.05, 0.1) is 16.6 Å². The van der Waals surface area contributed by atoms with Crippen molar-refractivity contribution in [3.05, 3.63) is 41.5 Å². The highest BCUT2D eigenvalue weighted by atomic mass is 16.5. The van der Waals surface area contributed by atoms with Crippen LogP contribution in [0.2, 0.25) is 0 Å². The van der Waals surface area contributed by atoms with Gasteiger partial charge in [-0.15, -0.1) is 0 Å². The molecule has 1 N–H and O–H groups in total. The maximum atomic E-state index is 9.47. The van der Waals surface area contributed by atoms with Crippen LogP contribution in [0.3, 0.4) is 0 Å². The molecule has 0 aliphatic carbocycles. The third-order valence-corrected chi connectivity index (χ3v) is 3.86. The monoisotopic (exact) mass is 308 g/mol. The number of nitrogens with zero attached hydrogens (tertiary/aromatic N) is 3. The van der Waals surface area contributed by atoms with Crippen LogP contribution >= 0.6 is 0 Å². The van der Waals surface area contributed by atoms with Gasteiger partial charge in [-0.2, -0.15) is 5.26 Å². The number of nitriles is 1. The maximum absolute atomic E-state index is 9.47. The molecule has 0 aliphatic heterocycles. The van der Waals surface area contributed by atoms with Crippen LogP contribution in [0.4, 0.5) is 5.82 Å². The zero-order valence-corrected chi connectivity index (χ0v) is 13.5. The molecule has 118 valence electrons. The number of para-hydroxylation sites is 2. The predicted octanol–water partition coefficient (Wildman–Crippen LogP) is 3.51. The molecule has 2 heterocycles. The van der Waals surface area contributed by atoms with Gasteiger partial charge < -0.3 is 10.1 Å². The Morgan fingerprint density at radius 3 is 2.96 bits per heavy atom. The fourth-order valence-electron chi connectivity index (χ4n) is 2.76. The van der Waals surface area contributed by atoms with E-state index in [2.05, 4.69) is 16.4 Å². The lowest BCUT2D eigenvalue weighted by atomic mass is 10.1. The Morgan fingerprint density at radius 1 is 1.35 bits per heavy atom. The lowest BCUT2D eigenvalue weighted by Gasteiger charge is -2.12. The summed E-state index contributed by atoms with van der Waals surface area (Å²) in [7, 11) is 0. The van der Waals surface area contributed by atoms with Gasteiger partial charge in [0.2, 0.25) is 0 Å². The molecule has 0 fully saturated rings. The first kappa shape index (κ1) is 15.3. The smallest absolute Gasteiger partial charge is 0.157 e. The zero-order chi connectivity index (χ0) is 16.2. The number of ether oxygens (including phenoxy) is 1. The number of rotatable bonds is 6. The van der Waals surface area contributed by atoms with Gasteiger partial charge >= 0.3 is 0 Å². The van der Waals surface area contributed by atoms with E-state index >= 15 is 0 Å². The highest BCUT2D eigenvalue weighted by Gasteiger charge is 2.14. The van der Waals surface area contributed by atoms with E-state index in [-0.39, 0.29) is 0 Å². The molecule has 0 bridgehead atoms. The van der Waals surface area contributed by atoms with E-state index in [0.29, 0.717) is 11.2 Å². The molecule has 5 heteroatoms. The molecule has 3 rings (SSSR count). The van der Waals surface area contributed by atoms with E-state index in [1.807, 2.05) is 48.6 Å². The first-order chi connectivity index (χ1) is 11.3. The molecule has 0 spiro atoms. The summed E-state index contributed by atoms with van der Waals surface area (Å²) in [5, 5.41) is 12.9. The van der Waals surface area contributed by atoms with E-state index in [9.17, 15) is 5.26 Å². The number of pyridine rings is 1. The summed E-state index contributed by atoms with van der Waals surface area (Å²) >= 11 is 0. The standard InChI is InChI=1S/C18H20N4O/c1-3-23-10-6-9-20-17-11-13(2)14(12-19)18-21-15-7-4-5-8-16(15)22(17)18/h4-5,7-8,11,20H,3,6,9-10H2,1-2H3. The van der Waals surface area contributed by atoms with E-state index in [1.54, 1.807) is 0 Å². The highest BCUT2D eigenvalue weighted by Crippen LogP contribution is 2.26. The second kappa shape index (κ2) is 6.67. The number of aryl methyl sites for hydroxylation is 1. The van der Waals surface area contributed by atoms with Crippen LogP contribution in [-0.4, -0.2) is 29.1 Å². The van der Waals surface area contributed by atoms with Gasteiger partial charge in [-0.3, -0.25) is 4.40 Å². The summed E-state index contributed by atoms with van der Waals surface area (Å²) in [6.45, 7) is 6.24. The van der Waals surface area contributed by atoms with Gasteiger partial charge in [0.1, 0.15) is 11.9 Å². The van der Waals surface area contributed by atoms with E-state index in [1.165, 1.54) is 0 Å². The average molecular weight is 308 g/mol. The summed E-state index contributed by atoms with van der Waals surface area (Å²) in [5.41, 5.74) is 4.17.